The van der Waals surface area contributed by atoms with Gasteiger partial charge in [-0.15, -0.1) is 0 Å². The molecule has 0 radical (unpaired) electrons. The number of hydrogen-bond acceptors (Lipinski definition) is 3. The van der Waals surface area contributed by atoms with Crippen LogP contribution in [0.3, 0.4) is 0 Å². The number of rotatable bonds is 0. The van der Waals surface area contributed by atoms with Crippen molar-refractivity contribution in [2.45, 2.75) is 18.5 Å². The van der Waals surface area contributed by atoms with Crippen molar-refractivity contribution in [2.24, 2.45) is 4.99 Å². The molecule has 1 atom stereocenters. The quantitative estimate of drug-likeness (QED) is 0.771. The molecule has 2 heterocycles. The van der Waals surface area contributed by atoms with Crippen LogP contribution >= 0.6 is 0 Å². The Morgan fingerprint density at radius 3 is 2.74 bits per heavy atom. The Morgan fingerprint density at radius 1 is 1.05 bits per heavy atom. The van der Waals surface area contributed by atoms with Crippen molar-refractivity contribution in [2.75, 3.05) is 5.06 Å². The van der Waals surface area contributed by atoms with Crippen LogP contribution in [0.2, 0.25) is 0 Å². The zero-order chi connectivity index (χ0) is 12.9. The molecule has 1 N–H and O–H groups in total. The summed E-state index contributed by atoms with van der Waals surface area (Å²) in [5.74, 6) is 0. The molecule has 1 spiro atoms. The highest BCUT2D eigenvalue weighted by atomic mass is 16.5. The van der Waals surface area contributed by atoms with Gasteiger partial charge in [0, 0.05) is 11.6 Å². The summed E-state index contributed by atoms with van der Waals surface area (Å²) in [6.07, 6.45) is 3.80. The third kappa shape index (κ3) is 1.45. The number of anilines is 1. The minimum atomic E-state index is -0.627. The fourth-order valence-corrected chi connectivity index (χ4v) is 3.00. The van der Waals surface area contributed by atoms with E-state index in [4.69, 9.17) is 4.99 Å². The molecular weight excluding hydrogens is 236 g/mol. The Hall–Kier alpha value is -2.13. The summed E-state index contributed by atoms with van der Waals surface area (Å²) in [5, 5.41) is 14.0. The average Bonchev–Trinajstić information content (AvgIpc) is 2.83. The second-order valence-electron chi connectivity index (χ2n) is 5.13. The molecule has 2 aromatic rings. The summed E-state index contributed by atoms with van der Waals surface area (Å²) < 4.78 is 0. The van der Waals surface area contributed by atoms with E-state index in [0.717, 1.165) is 29.1 Å². The summed E-state index contributed by atoms with van der Waals surface area (Å²) in [5.41, 5.74) is 1.41. The topological polar surface area (TPSA) is 35.8 Å². The molecule has 1 unspecified atom stereocenters. The van der Waals surface area contributed by atoms with E-state index in [1.165, 1.54) is 10.6 Å². The average molecular weight is 250 g/mol. The van der Waals surface area contributed by atoms with Crippen LogP contribution in [-0.4, -0.2) is 10.9 Å². The molecule has 3 nitrogen and oxygen atoms in total. The van der Waals surface area contributed by atoms with E-state index in [2.05, 4.69) is 12.1 Å². The van der Waals surface area contributed by atoms with Gasteiger partial charge in [0.1, 0.15) is 0 Å². The van der Waals surface area contributed by atoms with Gasteiger partial charge in [0.25, 0.3) is 0 Å². The predicted molar refractivity (Wildman–Crippen MR) is 73.4 cm³/mol. The summed E-state index contributed by atoms with van der Waals surface area (Å²) in [6, 6.07) is 16.0. The van der Waals surface area contributed by atoms with Crippen LogP contribution in [0, 0.1) is 0 Å². The number of hydrogen-bond donors (Lipinski definition) is 1. The Kier molecular flexibility index (Phi) is 2.09. The van der Waals surface area contributed by atoms with Gasteiger partial charge in [0.05, 0.1) is 11.0 Å². The molecule has 4 rings (SSSR count). The van der Waals surface area contributed by atoms with E-state index >= 15 is 0 Å². The van der Waals surface area contributed by atoms with Gasteiger partial charge in [-0.1, -0.05) is 36.4 Å². The molecule has 0 fully saturated rings. The first-order chi connectivity index (χ1) is 9.28. The van der Waals surface area contributed by atoms with Gasteiger partial charge in [-0.3, -0.25) is 10.2 Å². The molecule has 2 aromatic carbocycles. The molecule has 0 saturated carbocycles. The Balaban J connectivity index is 1.90. The van der Waals surface area contributed by atoms with Gasteiger partial charge in [0.2, 0.25) is 0 Å². The second kappa shape index (κ2) is 3.68. The van der Waals surface area contributed by atoms with E-state index in [1.54, 1.807) is 0 Å². The lowest BCUT2D eigenvalue weighted by Crippen LogP contribution is -2.46. The first-order valence-electron chi connectivity index (χ1n) is 6.53. The maximum Gasteiger partial charge on any atom is 0.176 e. The standard InChI is InChI=1S/C16H14N2O/c19-18-15-8-4-2-5-12(15)9-10-16(18)11-13-6-1-3-7-14(13)17-16/h1-8,11,19H,9-10H2. The van der Waals surface area contributed by atoms with Crippen LogP contribution in [-0.2, 0) is 6.42 Å². The molecule has 94 valence electrons. The van der Waals surface area contributed by atoms with Crippen molar-refractivity contribution < 1.29 is 5.21 Å². The van der Waals surface area contributed by atoms with Gasteiger partial charge in [0.15, 0.2) is 5.66 Å². The molecular formula is C16H14N2O. The van der Waals surface area contributed by atoms with Crippen LogP contribution in [0.5, 0.6) is 0 Å². The first-order valence-corrected chi connectivity index (χ1v) is 6.53. The maximum absolute atomic E-state index is 10.6. The van der Waals surface area contributed by atoms with E-state index in [9.17, 15) is 5.21 Å². The van der Waals surface area contributed by atoms with Gasteiger partial charge in [-0.05, 0) is 30.2 Å². The summed E-state index contributed by atoms with van der Waals surface area (Å²) >= 11 is 0. The summed E-state index contributed by atoms with van der Waals surface area (Å²) in [7, 11) is 0. The second-order valence-corrected chi connectivity index (χ2v) is 5.13. The number of para-hydroxylation sites is 2. The normalized spacial score (nSPS) is 23.5. The summed E-state index contributed by atoms with van der Waals surface area (Å²) in [4.78, 5) is 4.74. The largest absolute Gasteiger partial charge is 0.286 e. The van der Waals surface area contributed by atoms with E-state index in [1.807, 2.05) is 42.5 Å². The van der Waals surface area contributed by atoms with Crippen LogP contribution in [0.1, 0.15) is 12.0 Å². The van der Waals surface area contributed by atoms with Crippen molar-refractivity contribution in [1.82, 2.24) is 0 Å². The monoisotopic (exact) mass is 250 g/mol. The van der Waals surface area contributed by atoms with Crippen LogP contribution < -0.4 is 15.6 Å². The van der Waals surface area contributed by atoms with Gasteiger partial charge >= 0.3 is 0 Å². The maximum atomic E-state index is 10.6. The van der Waals surface area contributed by atoms with E-state index in [0.29, 0.717) is 0 Å². The minimum absolute atomic E-state index is 0.627. The van der Waals surface area contributed by atoms with E-state index in [-0.39, 0.29) is 0 Å². The van der Waals surface area contributed by atoms with Crippen molar-refractivity contribution in [3.8, 4) is 0 Å². The van der Waals surface area contributed by atoms with Crippen LogP contribution in [0.4, 0.5) is 5.69 Å². The molecule has 0 bridgehead atoms. The lowest BCUT2D eigenvalue weighted by atomic mass is 9.93. The molecule has 0 aliphatic carbocycles. The number of aryl methyl sites for hydroxylation is 1. The molecule has 0 aromatic heterocycles. The van der Waals surface area contributed by atoms with Gasteiger partial charge < -0.3 is 0 Å². The van der Waals surface area contributed by atoms with Crippen LogP contribution in [0.25, 0.3) is 6.08 Å². The fourth-order valence-electron chi connectivity index (χ4n) is 3.00. The molecule has 2 aliphatic rings. The highest BCUT2D eigenvalue weighted by Crippen LogP contribution is 2.37. The molecule has 3 heteroatoms. The third-order valence-corrected chi connectivity index (χ3v) is 3.99. The zero-order valence-electron chi connectivity index (χ0n) is 10.5. The number of benzene rings is 2. The highest BCUT2D eigenvalue weighted by Gasteiger charge is 2.40. The van der Waals surface area contributed by atoms with Crippen molar-refractivity contribution in [3.63, 3.8) is 0 Å². The van der Waals surface area contributed by atoms with Crippen molar-refractivity contribution >= 4 is 11.8 Å². The van der Waals surface area contributed by atoms with Crippen molar-refractivity contribution in [1.29, 1.82) is 0 Å². The van der Waals surface area contributed by atoms with E-state index < -0.39 is 5.66 Å². The third-order valence-electron chi connectivity index (χ3n) is 3.99. The SMILES string of the molecule is ON1c2ccccc2CCC12C=c1ccccc1=N2. The predicted octanol–water partition coefficient (Wildman–Crippen LogP) is 1.64. The van der Waals surface area contributed by atoms with Gasteiger partial charge in [-0.25, -0.2) is 5.06 Å². The minimum Gasteiger partial charge on any atom is -0.286 e. The molecule has 2 aliphatic heterocycles. The molecule has 19 heavy (non-hydrogen) atoms. The fraction of sp³-hybridized carbons (Fsp3) is 0.188. The number of fused-ring (bicyclic) bond motifs is 2. The van der Waals surface area contributed by atoms with Gasteiger partial charge in [-0.2, -0.15) is 0 Å². The van der Waals surface area contributed by atoms with Crippen LogP contribution in [0.15, 0.2) is 53.5 Å². The lowest BCUT2D eigenvalue weighted by Gasteiger charge is -2.39. The number of hydroxylamine groups is 1. The molecule has 0 amide bonds. The summed E-state index contributed by atoms with van der Waals surface area (Å²) in [6.45, 7) is 0. The Bertz CT molecular complexity index is 731. The Morgan fingerprint density at radius 2 is 1.84 bits per heavy atom. The number of nitrogens with zero attached hydrogens (tertiary/aromatic N) is 2. The first kappa shape index (κ1) is 10.8. The zero-order valence-corrected chi connectivity index (χ0v) is 10.5. The Labute approximate surface area is 111 Å². The molecule has 0 saturated heterocycles. The van der Waals surface area contributed by atoms with Crippen molar-refractivity contribution in [3.05, 3.63) is 64.7 Å². The smallest absolute Gasteiger partial charge is 0.176 e. The lowest BCUT2D eigenvalue weighted by molar-refractivity contribution is 0.174. The highest BCUT2D eigenvalue weighted by molar-refractivity contribution is 5.61.